The molecule has 0 aromatic heterocycles. The van der Waals surface area contributed by atoms with Gasteiger partial charge in [-0.3, -0.25) is 0 Å². The maximum Gasteiger partial charge on any atom is 0.137 e. The van der Waals surface area contributed by atoms with E-state index < -0.39 is 0 Å². The van der Waals surface area contributed by atoms with Crippen LogP contribution in [0.4, 0.5) is 4.39 Å². The van der Waals surface area contributed by atoms with Crippen LogP contribution in [0.1, 0.15) is 29.5 Å². The van der Waals surface area contributed by atoms with Crippen molar-refractivity contribution in [2.75, 3.05) is 0 Å². The maximum absolute atomic E-state index is 13.5. The van der Waals surface area contributed by atoms with Crippen molar-refractivity contribution in [3.8, 4) is 0 Å². The van der Waals surface area contributed by atoms with Gasteiger partial charge < -0.3 is 5.73 Å². The van der Waals surface area contributed by atoms with Gasteiger partial charge in [-0.2, -0.15) is 0 Å². The number of hydrogen-bond acceptors (Lipinski definition) is 1. The Kier molecular flexibility index (Phi) is 3.42. The van der Waals surface area contributed by atoms with Gasteiger partial charge in [0.15, 0.2) is 0 Å². The fraction of sp³-hybridized carbons (Fsp3) is 0.250. The van der Waals surface area contributed by atoms with Gasteiger partial charge in [0.25, 0.3) is 0 Å². The molecule has 1 saturated carbocycles. The zero-order valence-electron chi connectivity index (χ0n) is 10.4. The molecule has 1 nitrogen and oxygen atoms in total. The minimum absolute atomic E-state index is 0.0900. The third-order valence-corrected chi connectivity index (χ3v) is 4.50. The van der Waals surface area contributed by atoms with Gasteiger partial charge >= 0.3 is 0 Å². The van der Waals surface area contributed by atoms with E-state index in [0.717, 1.165) is 12.0 Å². The van der Waals surface area contributed by atoms with Crippen LogP contribution in [-0.2, 0) is 0 Å². The number of halogens is 2. The normalized spacial score (nSPS) is 23.1. The zero-order chi connectivity index (χ0) is 13.4. The van der Waals surface area contributed by atoms with E-state index in [-0.39, 0.29) is 11.9 Å². The summed E-state index contributed by atoms with van der Waals surface area (Å²) in [6.07, 6.45) is 1.09. The Morgan fingerprint density at radius 2 is 1.89 bits per heavy atom. The largest absolute Gasteiger partial charge is 0.324 e. The lowest BCUT2D eigenvalue weighted by Gasteiger charge is -2.12. The average molecular weight is 320 g/mol. The van der Waals surface area contributed by atoms with Crippen LogP contribution in [0.5, 0.6) is 0 Å². The molecule has 1 fully saturated rings. The first-order valence-electron chi connectivity index (χ1n) is 6.42. The molecule has 0 heterocycles. The summed E-state index contributed by atoms with van der Waals surface area (Å²) in [4.78, 5) is 0. The van der Waals surface area contributed by atoms with E-state index in [2.05, 4.69) is 40.2 Å². The van der Waals surface area contributed by atoms with E-state index in [9.17, 15) is 4.39 Å². The fourth-order valence-electron chi connectivity index (χ4n) is 2.66. The molecule has 3 heteroatoms. The average Bonchev–Trinajstić information content (AvgIpc) is 3.22. The number of rotatable bonds is 3. The quantitative estimate of drug-likeness (QED) is 0.892. The maximum atomic E-state index is 13.5. The zero-order valence-corrected chi connectivity index (χ0v) is 12.0. The highest BCUT2D eigenvalue weighted by atomic mass is 79.9. The highest BCUT2D eigenvalue weighted by Gasteiger charge is 2.42. The van der Waals surface area contributed by atoms with E-state index in [1.165, 1.54) is 11.6 Å². The summed E-state index contributed by atoms with van der Waals surface area (Å²) < 4.78 is 14.0. The fourth-order valence-corrected chi connectivity index (χ4v) is 2.91. The van der Waals surface area contributed by atoms with E-state index in [1.807, 2.05) is 12.1 Å². The van der Waals surface area contributed by atoms with Gasteiger partial charge in [0.1, 0.15) is 5.82 Å². The second kappa shape index (κ2) is 5.06. The Morgan fingerprint density at radius 3 is 2.58 bits per heavy atom. The van der Waals surface area contributed by atoms with Crippen molar-refractivity contribution in [3.05, 3.63) is 69.9 Å². The predicted molar refractivity (Wildman–Crippen MR) is 78.3 cm³/mol. The monoisotopic (exact) mass is 319 g/mol. The van der Waals surface area contributed by atoms with E-state index in [1.54, 1.807) is 6.07 Å². The summed E-state index contributed by atoms with van der Waals surface area (Å²) in [5, 5.41) is 0. The van der Waals surface area contributed by atoms with Gasteiger partial charge in [-0.05, 0) is 57.4 Å². The van der Waals surface area contributed by atoms with Crippen LogP contribution in [-0.4, -0.2) is 0 Å². The number of hydrogen-bond donors (Lipinski definition) is 1. The van der Waals surface area contributed by atoms with Gasteiger partial charge in [-0.1, -0.05) is 36.4 Å². The van der Waals surface area contributed by atoms with Gasteiger partial charge in [0.2, 0.25) is 0 Å². The molecule has 98 valence electrons. The number of benzene rings is 2. The van der Waals surface area contributed by atoms with Crippen LogP contribution in [0.3, 0.4) is 0 Å². The first kappa shape index (κ1) is 12.8. The van der Waals surface area contributed by atoms with E-state index in [0.29, 0.717) is 16.3 Å². The Balaban J connectivity index is 1.76. The van der Waals surface area contributed by atoms with Crippen LogP contribution in [0.25, 0.3) is 0 Å². The topological polar surface area (TPSA) is 26.0 Å². The summed E-state index contributed by atoms with van der Waals surface area (Å²) in [7, 11) is 0. The molecular weight excluding hydrogens is 305 g/mol. The SMILES string of the molecule is NC(c1ccc(Br)c(F)c1)C1CC1c1ccccc1. The van der Waals surface area contributed by atoms with Crippen LogP contribution in [0.2, 0.25) is 0 Å². The van der Waals surface area contributed by atoms with Crippen molar-refractivity contribution in [2.24, 2.45) is 11.7 Å². The summed E-state index contributed by atoms with van der Waals surface area (Å²) in [6, 6.07) is 15.5. The summed E-state index contributed by atoms with van der Waals surface area (Å²) >= 11 is 3.16. The summed E-state index contributed by atoms with van der Waals surface area (Å²) in [5.41, 5.74) is 8.48. The molecular formula is C16H15BrFN. The first-order valence-corrected chi connectivity index (χ1v) is 7.21. The standard InChI is InChI=1S/C16H15BrFN/c17-14-7-6-11(8-15(14)18)16(19)13-9-12(13)10-4-2-1-3-5-10/h1-8,12-13,16H,9,19H2. The second-order valence-electron chi connectivity index (χ2n) is 5.12. The van der Waals surface area contributed by atoms with Gasteiger partial charge in [-0.25, -0.2) is 4.39 Å². The Hall–Kier alpha value is -1.19. The molecule has 1 aliphatic carbocycles. The van der Waals surface area contributed by atoms with Crippen LogP contribution in [0.15, 0.2) is 53.0 Å². The molecule has 3 rings (SSSR count). The van der Waals surface area contributed by atoms with Crippen molar-refractivity contribution in [2.45, 2.75) is 18.4 Å². The molecule has 2 aromatic rings. The lowest BCUT2D eigenvalue weighted by Crippen LogP contribution is -2.13. The molecule has 2 aromatic carbocycles. The first-order chi connectivity index (χ1) is 9.16. The Labute approximate surface area is 120 Å². The van der Waals surface area contributed by atoms with Crippen molar-refractivity contribution < 1.29 is 4.39 Å². The molecule has 0 aliphatic heterocycles. The number of nitrogens with two attached hydrogens (primary N) is 1. The molecule has 0 saturated heterocycles. The predicted octanol–water partition coefficient (Wildman–Crippen LogP) is 4.39. The Morgan fingerprint density at radius 1 is 1.16 bits per heavy atom. The van der Waals surface area contributed by atoms with Crippen molar-refractivity contribution in [1.29, 1.82) is 0 Å². The highest BCUT2D eigenvalue weighted by molar-refractivity contribution is 9.10. The third-order valence-electron chi connectivity index (χ3n) is 3.86. The van der Waals surface area contributed by atoms with Crippen molar-refractivity contribution in [3.63, 3.8) is 0 Å². The molecule has 2 N–H and O–H groups in total. The molecule has 3 unspecified atom stereocenters. The second-order valence-corrected chi connectivity index (χ2v) is 5.97. The minimum Gasteiger partial charge on any atom is -0.324 e. The molecule has 0 spiro atoms. The molecule has 1 aliphatic rings. The van der Waals surface area contributed by atoms with Crippen LogP contribution < -0.4 is 5.73 Å². The molecule has 0 bridgehead atoms. The Bertz CT molecular complexity index is 585. The van der Waals surface area contributed by atoms with Gasteiger partial charge in [-0.15, -0.1) is 0 Å². The van der Waals surface area contributed by atoms with Crippen LogP contribution in [0, 0.1) is 11.7 Å². The lowest BCUT2D eigenvalue weighted by atomic mass is 9.99. The smallest absolute Gasteiger partial charge is 0.137 e. The molecule has 0 radical (unpaired) electrons. The summed E-state index contributed by atoms with van der Waals surface area (Å²) in [5.74, 6) is 0.691. The lowest BCUT2D eigenvalue weighted by molar-refractivity contribution is 0.590. The van der Waals surface area contributed by atoms with Crippen molar-refractivity contribution >= 4 is 15.9 Å². The van der Waals surface area contributed by atoms with Gasteiger partial charge in [0, 0.05) is 6.04 Å². The molecule has 19 heavy (non-hydrogen) atoms. The van der Waals surface area contributed by atoms with E-state index in [4.69, 9.17) is 5.73 Å². The summed E-state index contributed by atoms with van der Waals surface area (Å²) in [6.45, 7) is 0. The van der Waals surface area contributed by atoms with E-state index >= 15 is 0 Å². The third kappa shape index (κ3) is 2.58. The molecule has 0 amide bonds. The van der Waals surface area contributed by atoms with Crippen LogP contribution >= 0.6 is 15.9 Å². The molecule has 3 atom stereocenters. The highest BCUT2D eigenvalue weighted by Crippen LogP contribution is 2.53. The van der Waals surface area contributed by atoms with Crippen molar-refractivity contribution in [1.82, 2.24) is 0 Å². The van der Waals surface area contributed by atoms with Gasteiger partial charge in [0.05, 0.1) is 4.47 Å². The minimum atomic E-state index is -0.245.